The Morgan fingerprint density at radius 3 is 2.76 bits per heavy atom. The third-order valence-electron chi connectivity index (χ3n) is 3.25. The number of hydrogen-bond donors (Lipinski definition) is 1. The molecular weight excluding hydrogens is 287 g/mol. The largest absolute Gasteiger partial charge is 0.399 e. The third-order valence-corrected chi connectivity index (χ3v) is 4.36. The highest BCUT2D eigenvalue weighted by Gasteiger charge is 2.16. The van der Waals surface area contributed by atoms with Gasteiger partial charge in [-0.05, 0) is 47.9 Å². The van der Waals surface area contributed by atoms with E-state index in [1.54, 1.807) is 19.2 Å². The molecule has 106 valence electrons. The zero-order valence-electron chi connectivity index (χ0n) is 11.3. The van der Waals surface area contributed by atoms with Crippen LogP contribution in [0.2, 0.25) is 0 Å². The number of fused-ring (bicyclic) bond motifs is 1. The van der Waals surface area contributed by atoms with E-state index in [-0.39, 0.29) is 11.7 Å². The lowest BCUT2D eigenvalue weighted by Gasteiger charge is -2.16. The van der Waals surface area contributed by atoms with Gasteiger partial charge < -0.3 is 10.6 Å². The van der Waals surface area contributed by atoms with Gasteiger partial charge in [-0.25, -0.2) is 4.39 Å². The molecule has 0 radical (unpaired) electrons. The molecule has 0 unspecified atom stereocenters. The predicted molar refractivity (Wildman–Crippen MR) is 85.4 cm³/mol. The smallest absolute Gasteiger partial charge is 0.268 e. The molecule has 2 N–H and O–H groups in total. The molecule has 3 aromatic rings. The summed E-state index contributed by atoms with van der Waals surface area (Å²) >= 11 is 1.40. The molecular formula is C16H13FN2OS. The first kappa shape index (κ1) is 13.6. The zero-order valence-corrected chi connectivity index (χ0v) is 12.2. The maximum atomic E-state index is 13.3. The van der Waals surface area contributed by atoms with Crippen LogP contribution in [0.3, 0.4) is 0 Å². The van der Waals surface area contributed by atoms with Crippen molar-refractivity contribution in [1.82, 2.24) is 0 Å². The summed E-state index contributed by atoms with van der Waals surface area (Å²) in [6, 6.07) is 13.3. The molecule has 3 nitrogen and oxygen atoms in total. The number of nitrogen functional groups attached to an aromatic ring is 1. The zero-order chi connectivity index (χ0) is 15.0. The van der Waals surface area contributed by atoms with Crippen molar-refractivity contribution in [3.63, 3.8) is 0 Å². The first-order valence-electron chi connectivity index (χ1n) is 6.37. The van der Waals surface area contributed by atoms with E-state index in [1.807, 2.05) is 24.3 Å². The first-order valence-corrected chi connectivity index (χ1v) is 7.19. The van der Waals surface area contributed by atoms with E-state index in [1.165, 1.54) is 28.4 Å². The first-order chi connectivity index (χ1) is 10.0. The second-order valence-electron chi connectivity index (χ2n) is 4.75. The van der Waals surface area contributed by atoms with E-state index in [2.05, 4.69) is 0 Å². The van der Waals surface area contributed by atoms with Crippen LogP contribution < -0.4 is 10.6 Å². The van der Waals surface area contributed by atoms with Crippen molar-refractivity contribution in [3.8, 4) is 0 Å². The molecule has 21 heavy (non-hydrogen) atoms. The molecule has 1 aromatic heterocycles. The average molecular weight is 300 g/mol. The fourth-order valence-corrected chi connectivity index (χ4v) is 3.15. The van der Waals surface area contributed by atoms with Crippen molar-refractivity contribution in [3.05, 3.63) is 59.2 Å². The lowest BCUT2D eigenvalue weighted by molar-refractivity contribution is 0.0997. The number of anilines is 2. The number of thiophene rings is 1. The summed E-state index contributed by atoms with van der Waals surface area (Å²) in [5.74, 6) is -0.531. The van der Waals surface area contributed by atoms with Crippen molar-refractivity contribution in [2.24, 2.45) is 0 Å². The van der Waals surface area contributed by atoms with Crippen LogP contribution in [0.25, 0.3) is 10.1 Å². The quantitative estimate of drug-likeness (QED) is 0.730. The highest BCUT2D eigenvalue weighted by molar-refractivity contribution is 7.20. The Morgan fingerprint density at radius 2 is 2.00 bits per heavy atom. The van der Waals surface area contributed by atoms with Crippen LogP contribution in [-0.2, 0) is 0 Å². The topological polar surface area (TPSA) is 46.3 Å². The molecule has 0 atom stereocenters. The summed E-state index contributed by atoms with van der Waals surface area (Å²) in [4.78, 5) is 14.5. The molecule has 3 rings (SSSR count). The van der Waals surface area contributed by atoms with Gasteiger partial charge in [0.1, 0.15) is 5.82 Å². The minimum Gasteiger partial charge on any atom is -0.399 e. The van der Waals surface area contributed by atoms with Gasteiger partial charge in [-0.3, -0.25) is 4.79 Å². The van der Waals surface area contributed by atoms with E-state index in [4.69, 9.17) is 5.73 Å². The molecule has 2 aromatic carbocycles. The standard InChI is InChI=1S/C16H13FN2OS/c1-19(13-4-2-3-11(17)9-13)16(20)15-8-10-7-12(18)5-6-14(10)21-15/h2-9H,18H2,1H3. The Balaban J connectivity index is 1.96. The van der Waals surface area contributed by atoms with Crippen LogP contribution in [0.15, 0.2) is 48.5 Å². The summed E-state index contributed by atoms with van der Waals surface area (Å²) < 4.78 is 14.3. The van der Waals surface area contributed by atoms with Crippen molar-refractivity contribution < 1.29 is 9.18 Å². The lowest BCUT2D eigenvalue weighted by Crippen LogP contribution is -2.25. The number of benzene rings is 2. The van der Waals surface area contributed by atoms with Crippen LogP contribution in [0.1, 0.15) is 9.67 Å². The van der Waals surface area contributed by atoms with Gasteiger partial charge in [-0.15, -0.1) is 11.3 Å². The number of amides is 1. The van der Waals surface area contributed by atoms with Gasteiger partial charge in [0.2, 0.25) is 0 Å². The normalized spacial score (nSPS) is 10.8. The maximum Gasteiger partial charge on any atom is 0.268 e. The van der Waals surface area contributed by atoms with E-state index in [0.717, 1.165) is 10.1 Å². The van der Waals surface area contributed by atoms with E-state index < -0.39 is 0 Å². The Hall–Kier alpha value is -2.40. The SMILES string of the molecule is CN(C(=O)c1cc2cc(N)ccc2s1)c1cccc(F)c1. The number of rotatable bonds is 2. The van der Waals surface area contributed by atoms with Crippen molar-refractivity contribution >= 4 is 38.7 Å². The van der Waals surface area contributed by atoms with E-state index in [9.17, 15) is 9.18 Å². The fraction of sp³-hybridized carbons (Fsp3) is 0.0625. The number of carbonyl (C=O) groups excluding carboxylic acids is 1. The Morgan fingerprint density at radius 1 is 1.19 bits per heavy atom. The molecule has 0 aliphatic carbocycles. The Labute approximate surface area is 125 Å². The third kappa shape index (κ3) is 2.60. The van der Waals surface area contributed by atoms with Crippen molar-refractivity contribution in [2.45, 2.75) is 0 Å². The minimum absolute atomic E-state index is 0.166. The number of hydrogen-bond acceptors (Lipinski definition) is 3. The van der Waals surface area contributed by atoms with Gasteiger partial charge in [0, 0.05) is 23.1 Å². The monoisotopic (exact) mass is 300 g/mol. The molecule has 0 saturated heterocycles. The van der Waals surface area contributed by atoms with Gasteiger partial charge in [-0.1, -0.05) is 6.07 Å². The highest BCUT2D eigenvalue weighted by Crippen LogP contribution is 2.29. The summed E-state index contributed by atoms with van der Waals surface area (Å²) in [5, 5.41) is 0.941. The van der Waals surface area contributed by atoms with Crippen LogP contribution in [0.4, 0.5) is 15.8 Å². The summed E-state index contributed by atoms with van der Waals surface area (Å²) in [7, 11) is 1.63. The number of carbonyl (C=O) groups is 1. The maximum absolute atomic E-state index is 13.3. The van der Waals surface area contributed by atoms with Crippen molar-refractivity contribution in [1.29, 1.82) is 0 Å². The number of nitrogens with zero attached hydrogens (tertiary/aromatic N) is 1. The molecule has 0 fully saturated rings. The Kier molecular flexibility index (Phi) is 3.35. The van der Waals surface area contributed by atoms with Gasteiger partial charge in [0.05, 0.1) is 4.88 Å². The van der Waals surface area contributed by atoms with E-state index >= 15 is 0 Å². The second kappa shape index (κ2) is 5.18. The summed E-state index contributed by atoms with van der Waals surface area (Å²) in [6.07, 6.45) is 0. The molecule has 1 amide bonds. The molecule has 0 aliphatic rings. The van der Waals surface area contributed by atoms with Gasteiger partial charge in [0.25, 0.3) is 5.91 Å². The highest BCUT2D eigenvalue weighted by atomic mass is 32.1. The van der Waals surface area contributed by atoms with E-state index in [0.29, 0.717) is 16.3 Å². The van der Waals surface area contributed by atoms with Crippen LogP contribution >= 0.6 is 11.3 Å². The average Bonchev–Trinajstić information content (AvgIpc) is 2.88. The molecule has 0 spiro atoms. The summed E-state index contributed by atoms with van der Waals surface area (Å²) in [5.41, 5.74) is 6.93. The number of nitrogens with two attached hydrogens (primary N) is 1. The molecule has 0 aliphatic heterocycles. The van der Waals surface area contributed by atoms with Gasteiger partial charge in [-0.2, -0.15) is 0 Å². The number of halogens is 1. The lowest BCUT2D eigenvalue weighted by atomic mass is 10.2. The van der Waals surface area contributed by atoms with Crippen LogP contribution in [0, 0.1) is 5.82 Å². The molecule has 0 saturated carbocycles. The molecule has 1 heterocycles. The summed E-state index contributed by atoms with van der Waals surface area (Å²) in [6.45, 7) is 0. The van der Waals surface area contributed by atoms with Gasteiger partial charge >= 0.3 is 0 Å². The molecule has 0 bridgehead atoms. The molecule has 5 heteroatoms. The minimum atomic E-state index is -0.365. The van der Waals surface area contributed by atoms with Crippen LogP contribution in [0.5, 0.6) is 0 Å². The van der Waals surface area contributed by atoms with Crippen LogP contribution in [-0.4, -0.2) is 13.0 Å². The fourth-order valence-electron chi connectivity index (χ4n) is 2.13. The predicted octanol–water partition coefficient (Wildman–Crippen LogP) is 3.90. The Bertz CT molecular complexity index is 828. The van der Waals surface area contributed by atoms with Gasteiger partial charge in [0.15, 0.2) is 0 Å². The van der Waals surface area contributed by atoms with Crippen molar-refractivity contribution in [2.75, 3.05) is 17.7 Å². The second-order valence-corrected chi connectivity index (χ2v) is 5.84.